The topological polar surface area (TPSA) is 68.0 Å². The second kappa shape index (κ2) is 5.59. The van der Waals surface area contributed by atoms with Crippen LogP contribution in [0.3, 0.4) is 0 Å². The molecule has 21 heavy (non-hydrogen) atoms. The molecule has 0 saturated heterocycles. The third-order valence-electron chi connectivity index (χ3n) is 3.08. The van der Waals surface area contributed by atoms with Crippen molar-refractivity contribution in [2.45, 2.75) is 19.5 Å². The molecule has 0 aromatic carbocycles. The minimum absolute atomic E-state index is 0.0935. The van der Waals surface area contributed by atoms with Gasteiger partial charge in [0.25, 0.3) is 5.91 Å². The van der Waals surface area contributed by atoms with Crippen molar-refractivity contribution in [3.05, 3.63) is 53.1 Å². The summed E-state index contributed by atoms with van der Waals surface area (Å²) in [5, 5.41) is 2.48. The van der Waals surface area contributed by atoms with Gasteiger partial charge in [0.1, 0.15) is 5.69 Å². The Bertz CT molecular complexity index is 603. The molecule has 1 atom stereocenters. The van der Waals surface area contributed by atoms with E-state index in [0.717, 1.165) is 11.6 Å². The van der Waals surface area contributed by atoms with Gasteiger partial charge < -0.3 is 11.1 Å². The second-order valence-electron chi connectivity index (χ2n) is 4.80. The van der Waals surface area contributed by atoms with Crippen LogP contribution in [0.4, 0.5) is 13.2 Å². The van der Waals surface area contributed by atoms with Gasteiger partial charge in [0.2, 0.25) is 0 Å². The summed E-state index contributed by atoms with van der Waals surface area (Å²) >= 11 is 0. The molecule has 0 radical (unpaired) electrons. The Morgan fingerprint density at radius 2 is 2.14 bits per heavy atom. The lowest BCUT2D eigenvalue weighted by Gasteiger charge is -2.22. The summed E-state index contributed by atoms with van der Waals surface area (Å²) in [5.41, 5.74) is 6.74. The minimum Gasteiger partial charge on any atom is -0.397 e. The van der Waals surface area contributed by atoms with E-state index in [-0.39, 0.29) is 23.5 Å². The number of hydrogen-bond donors (Lipinski definition) is 2. The van der Waals surface area contributed by atoms with Gasteiger partial charge in [-0.3, -0.25) is 9.78 Å². The average molecular weight is 297 g/mol. The first-order valence-electron chi connectivity index (χ1n) is 6.26. The molecule has 1 unspecified atom stereocenters. The zero-order valence-electron chi connectivity index (χ0n) is 11.2. The van der Waals surface area contributed by atoms with E-state index in [0.29, 0.717) is 0 Å². The van der Waals surface area contributed by atoms with Gasteiger partial charge in [-0.15, -0.1) is 0 Å². The number of halogens is 3. The molecule has 1 aromatic heterocycles. The summed E-state index contributed by atoms with van der Waals surface area (Å²) in [6, 6.07) is 3.25. The molecular weight excluding hydrogens is 283 g/mol. The lowest BCUT2D eigenvalue weighted by Crippen LogP contribution is -2.31. The fraction of sp³-hybridized carbons (Fsp3) is 0.286. The molecule has 3 N–H and O–H groups in total. The summed E-state index contributed by atoms with van der Waals surface area (Å²) < 4.78 is 37.7. The third-order valence-corrected chi connectivity index (χ3v) is 3.08. The standard InChI is InChI=1S/C14H14F3N3O/c1-8-2-4-12(19-7-8)13(21)20-11-5-3-9(6-10(11)18)14(15,16)17/h2,4-7,9H,3,18H2,1H3,(H,20,21). The van der Waals surface area contributed by atoms with Gasteiger partial charge in [0.05, 0.1) is 17.3 Å². The molecule has 0 saturated carbocycles. The van der Waals surface area contributed by atoms with Crippen LogP contribution >= 0.6 is 0 Å². The maximum absolute atomic E-state index is 12.6. The van der Waals surface area contributed by atoms with Crippen LogP contribution in [-0.4, -0.2) is 17.1 Å². The SMILES string of the molecule is Cc1ccc(C(=O)NC2=CCC(C(F)(F)F)C=C2N)nc1. The first-order valence-corrected chi connectivity index (χ1v) is 6.26. The van der Waals surface area contributed by atoms with Crippen LogP contribution < -0.4 is 11.1 Å². The number of carbonyl (C=O) groups excluding carboxylic acids is 1. The number of nitrogens with one attached hydrogen (secondary N) is 1. The predicted octanol–water partition coefficient (Wildman–Crippen LogP) is 2.43. The molecule has 2 rings (SSSR count). The van der Waals surface area contributed by atoms with Crippen LogP contribution in [-0.2, 0) is 0 Å². The number of allylic oxidation sites excluding steroid dienone is 2. The van der Waals surface area contributed by atoms with E-state index in [1.165, 1.54) is 18.3 Å². The zero-order valence-corrected chi connectivity index (χ0v) is 11.2. The molecule has 0 fully saturated rings. The van der Waals surface area contributed by atoms with Crippen molar-refractivity contribution in [2.24, 2.45) is 11.7 Å². The molecule has 112 valence electrons. The zero-order chi connectivity index (χ0) is 15.6. The van der Waals surface area contributed by atoms with Gasteiger partial charge in [-0.1, -0.05) is 12.1 Å². The number of nitrogens with two attached hydrogens (primary N) is 1. The highest BCUT2D eigenvalue weighted by Crippen LogP contribution is 2.33. The van der Waals surface area contributed by atoms with E-state index in [1.807, 2.05) is 6.92 Å². The summed E-state index contributed by atoms with van der Waals surface area (Å²) in [6.07, 6.45) is -0.864. The lowest BCUT2D eigenvalue weighted by atomic mass is 9.97. The quantitative estimate of drug-likeness (QED) is 0.881. The van der Waals surface area contributed by atoms with Crippen molar-refractivity contribution in [2.75, 3.05) is 0 Å². The van der Waals surface area contributed by atoms with Crippen LogP contribution in [0, 0.1) is 12.8 Å². The number of amides is 1. The van der Waals surface area contributed by atoms with Crippen LogP contribution in [0.1, 0.15) is 22.5 Å². The number of carbonyl (C=O) groups is 1. The Morgan fingerprint density at radius 3 is 2.67 bits per heavy atom. The van der Waals surface area contributed by atoms with Gasteiger partial charge in [-0.05, 0) is 31.1 Å². The number of rotatable bonds is 2. The van der Waals surface area contributed by atoms with Crippen molar-refractivity contribution in [1.82, 2.24) is 10.3 Å². The number of alkyl halides is 3. The van der Waals surface area contributed by atoms with E-state index in [1.54, 1.807) is 6.07 Å². The molecule has 1 aromatic rings. The molecular formula is C14H14F3N3O. The van der Waals surface area contributed by atoms with Crippen molar-refractivity contribution in [3.63, 3.8) is 0 Å². The number of aryl methyl sites for hydroxylation is 1. The monoisotopic (exact) mass is 297 g/mol. The Labute approximate surface area is 119 Å². The molecule has 1 aliphatic carbocycles. The van der Waals surface area contributed by atoms with Crippen molar-refractivity contribution in [1.29, 1.82) is 0 Å². The van der Waals surface area contributed by atoms with E-state index >= 15 is 0 Å². The van der Waals surface area contributed by atoms with E-state index < -0.39 is 18.0 Å². The van der Waals surface area contributed by atoms with Crippen LogP contribution in [0.5, 0.6) is 0 Å². The molecule has 1 aliphatic rings. The Morgan fingerprint density at radius 1 is 1.43 bits per heavy atom. The lowest BCUT2D eigenvalue weighted by molar-refractivity contribution is -0.160. The summed E-state index contributed by atoms with van der Waals surface area (Å²) in [6.45, 7) is 1.83. The number of hydrogen-bond acceptors (Lipinski definition) is 3. The second-order valence-corrected chi connectivity index (χ2v) is 4.80. The largest absolute Gasteiger partial charge is 0.397 e. The third kappa shape index (κ3) is 3.62. The van der Waals surface area contributed by atoms with Gasteiger partial charge in [-0.25, -0.2) is 0 Å². The van der Waals surface area contributed by atoms with Crippen molar-refractivity contribution >= 4 is 5.91 Å². The van der Waals surface area contributed by atoms with Gasteiger partial charge in [0, 0.05) is 6.20 Å². The number of pyridine rings is 1. The van der Waals surface area contributed by atoms with E-state index in [2.05, 4.69) is 10.3 Å². The predicted molar refractivity (Wildman–Crippen MR) is 71.0 cm³/mol. The summed E-state index contributed by atoms with van der Waals surface area (Å²) in [5.74, 6) is -2.13. The molecule has 0 spiro atoms. The first-order chi connectivity index (χ1) is 9.77. The maximum Gasteiger partial charge on any atom is 0.395 e. The van der Waals surface area contributed by atoms with E-state index in [4.69, 9.17) is 5.73 Å². The molecule has 4 nitrogen and oxygen atoms in total. The van der Waals surface area contributed by atoms with Crippen LogP contribution in [0.25, 0.3) is 0 Å². The highest BCUT2D eigenvalue weighted by atomic mass is 19.4. The van der Waals surface area contributed by atoms with Gasteiger partial charge in [-0.2, -0.15) is 13.2 Å². The van der Waals surface area contributed by atoms with Crippen LogP contribution in [0.15, 0.2) is 41.9 Å². The molecule has 1 amide bonds. The number of aromatic nitrogens is 1. The molecule has 7 heteroatoms. The molecule has 1 heterocycles. The van der Waals surface area contributed by atoms with Crippen molar-refractivity contribution < 1.29 is 18.0 Å². The molecule has 0 bridgehead atoms. The highest BCUT2D eigenvalue weighted by molar-refractivity contribution is 5.93. The maximum atomic E-state index is 12.6. The fourth-order valence-electron chi connectivity index (χ4n) is 1.88. The normalized spacial score (nSPS) is 18.8. The van der Waals surface area contributed by atoms with Crippen LogP contribution in [0.2, 0.25) is 0 Å². The smallest absolute Gasteiger partial charge is 0.395 e. The fourth-order valence-corrected chi connectivity index (χ4v) is 1.88. The van der Waals surface area contributed by atoms with Gasteiger partial charge in [0.15, 0.2) is 0 Å². The minimum atomic E-state index is -4.34. The Hall–Kier alpha value is -2.31. The average Bonchev–Trinajstić information content (AvgIpc) is 2.40. The van der Waals surface area contributed by atoms with Crippen molar-refractivity contribution in [3.8, 4) is 0 Å². The highest BCUT2D eigenvalue weighted by Gasteiger charge is 2.39. The summed E-state index contributed by atoms with van der Waals surface area (Å²) in [4.78, 5) is 15.9. The molecule has 0 aliphatic heterocycles. The number of nitrogens with zero attached hydrogens (tertiary/aromatic N) is 1. The van der Waals surface area contributed by atoms with Gasteiger partial charge >= 0.3 is 6.18 Å². The summed E-state index contributed by atoms with van der Waals surface area (Å²) in [7, 11) is 0. The first kappa shape index (κ1) is 15.1. The Balaban J connectivity index is 2.08. The van der Waals surface area contributed by atoms with E-state index in [9.17, 15) is 18.0 Å². The Kier molecular flexibility index (Phi) is 4.02.